The first-order valence-electron chi connectivity index (χ1n) is 6.41. The lowest BCUT2D eigenvalue weighted by Crippen LogP contribution is -2.18. The zero-order valence-electron chi connectivity index (χ0n) is 11.5. The first kappa shape index (κ1) is 14.5. The lowest BCUT2D eigenvalue weighted by Gasteiger charge is -2.15. The minimum absolute atomic E-state index is 0.0817. The van der Waals surface area contributed by atoms with Crippen molar-refractivity contribution in [2.75, 3.05) is 7.11 Å². The van der Waals surface area contributed by atoms with Crippen LogP contribution in [0.2, 0.25) is 0 Å². The molecule has 0 aliphatic carbocycles. The third-order valence-corrected chi connectivity index (χ3v) is 3.19. The summed E-state index contributed by atoms with van der Waals surface area (Å²) in [5.41, 5.74) is 1.78. The van der Waals surface area contributed by atoms with Crippen LogP contribution in [0.25, 0.3) is 0 Å². The van der Waals surface area contributed by atoms with E-state index in [9.17, 15) is 8.78 Å². The van der Waals surface area contributed by atoms with Crippen LogP contribution in [-0.4, -0.2) is 7.11 Å². The minimum Gasteiger partial charge on any atom is -0.497 e. The van der Waals surface area contributed by atoms with Crippen LogP contribution in [0.4, 0.5) is 8.78 Å². The fourth-order valence-corrected chi connectivity index (χ4v) is 1.95. The fraction of sp³-hybridized carbons (Fsp3) is 0.250. The summed E-state index contributed by atoms with van der Waals surface area (Å²) in [5, 5.41) is 3.27. The van der Waals surface area contributed by atoms with Crippen molar-refractivity contribution in [3.05, 3.63) is 65.2 Å². The van der Waals surface area contributed by atoms with Gasteiger partial charge in [0.05, 0.1) is 7.11 Å². The Balaban J connectivity index is 2.00. The van der Waals surface area contributed by atoms with Crippen molar-refractivity contribution in [3.8, 4) is 5.75 Å². The van der Waals surface area contributed by atoms with Gasteiger partial charge >= 0.3 is 0 Å². The first-order chi connectivity index (χ1) is 9.60. The van der Waals surface area contributed by atoms with E-state index in [2.05, 4.69) is 5.32 Å². The molecule has 106 valence electrons. The highest BCUT2D eigenvalue weighted by Crippen LogP contribution is 2.19. The van der Waals surface area contributed by atoms with Crippen LogP contribution in [-0.2, 0) is 6.54 Å². The van der Waals surface area contributed by atoms with Crippen molar-refractivity contribution in [1.29, 1.82) is 0 Å². The zero-order valence-corrected chi connectivity index (χ0v) is 11.5. The molecular weight excluding hydrogens is 260 g/mol. The SMILES string of the molecule is COc1cccc([C@H](C)NCc2ccc(F)c(F)c2)c1. The van der Waals surface area contributed by atoms with Crippen molar-refractivity contribution in [1.82, 2.24) is 5.32 Å². The van der Waals surface area contributed by atoms with E-state index in [4.69, 9.17) is 4.74 Å². The summed E-state index contributed by atoms with van der Waals surface area (Å²) in [6, 6.07) is 11.7. The Morgan fingerprint density at radius 2 is 1.90 bits per heavy atom. The van der Waals surface area contributed by atoms with E-state index in [0.717, 1.165) is 17.4 Å². The first-order valence-corrected chi connectivity index (χ1v) is 6.41. The van der Waals surface area contributed by atoms with Crippen LogP contribution in [0.5, 0.6) is 5.75 Å². The minimum atomic E-state index is -0.824. The maximum atomic E-state index is 13.1. The maximum Gasteiger partial charge on any atom is 0.159 e. The molecule has 0 saturated carbocycles. The van der Waals surface area contributed by atoms with Crippen LogP contribution < -0.4 is 10.1 Å². The number of hydrogen-bond acceptors (Lipinski definition) is 2. The summed E-state index contributed by atoms with van der Waals surface area (Å²) in [6.07, 6.45) is 0. The average molecular weight is 277 g/mol. The molecule has 0 aromatic heterocycles. The Labute approximate surface area is 117 Å². The third-order valence-electron chi connectivity index (χ3n) is 3.19. The van der Waals surface area contributed by atoms with E-state index >= 15 is 0 Å². The summed E-state index contributed by atoms with van der Waals surface area (Å²) < 4.78 is 31.1. The number of hydrogen-bond donors (Lipinski definition) is 1. The number of nitrogens with one attached hydrogen (secondary N) is 1. The standard InChI is InChI=1S/C16H17F2NO/c1-11(13-4-3-5-14(9-13)20-2)19-10-12-6-7-15(17)16(18)8-12/h3-9,11,19H,10H2,1-2H3/t11-/m0/s1. The van der Waals surface area contributed by atoms with Gasteiger partial charge in [0.1, 0.15) is 5.75 Å². The highest BCUT2D eigenvalue weighted by atomic mass is 19.2. The van der Waals surface area contributed by atoms with Gasteiger partial charge in [0, 0.05) is 12.6 Å². The van der Waals surface area contributed by atoms with Crippen LogP contribution in [0.1, 0.15) is 24.1 Å². The lowest BCUT2D eigenvalue weighted by molar-refractivity contribution is 0.413. The molecule has 1 atom stereocenters. The van der Waals surface area contributed by atoms with Gasteiger partial charge < -0.3 is 10.1 Å². The van der Waals surface area contributed by atoms with E-state index < -0.39 is 11.6 Å². The van der Waals surface area contributed by atoms with Crippen molar-refractivity contribution in [2.45, 2.75) is 19.5 Å². The van der Waals surface area contributed by atoms with E-state index in [1.807, 2.05) is 31.2 Å². The van der Waals surface area contributed by atoms with Gasteiger partial charge in [-0.1, -0.05) is 18.2 Å². The van der Waals surface area contributed by atoms with Gasteiger partial charge in [0.2, 0.25) is 0 Å². The van der Waals surface area contributed by atoms with Crippen molar-refractivity contribution >= 4 is 0 Å². The van der Waals surface area contributed by atoms with Crippen molar-refractivity contribution in [3.63, 3.8) is 0 Å². The molecule has 4 heteroatoms. The predicted octanol–water partition coefficient (Wildman–Crippen LogP) is 3.82. The average Bonchev–Trinajstić information content (AvgIpc) is 2.48. The van der Waals surface area contributed by atoms with E-state index in [-0.39, 0.29) is 6.04 Å². The molecule has 0 aliphatic rings. The van der Waals surface area contributed by atoms with E-state index in [1.54, 1.807) is 13.2 Å². The molecule has 0 aliphatic heterocycles. The highest BCUT2D eigenvalue weighted by molar-refractivity contribution is 5.30. The van der Waals surface area contributed by atoms with Crippen molar-refractivity contribution in [2.24, 2.45) is 0 Å². The van der Waals surface area contributed by atoms with Gasteiger partial charge in [0.15, 0.2) is 11.6 Å². The van der Waals surface area contributed by atoms with E-state index in [1.165, 1.54) is 6.07 Å². The second kappa shape index (κ2) is 6.48. The molecular formula is C16H17F2NO. The van der Waals surface area contributed by atoms with Crippen molar-refractivity contribution < 1.29 is 13.5 Å². The summed E-state index contributed by atoms with van der Waals surface area (Å²) in [4.78, 5) is 0. The Kier molecular flexibility index (Phi) is 4.69. The number of ether oxygens (including phenoxy) is 1. The normalized spacial score (nSPS) is 12.2. The van der Waals surface area contributed by atoms with Gasteiger partial charge in [0.25, 0.3) is 0 Å². The Hall–Kier alpha value is -1.94. The topological polar surface area (TPSA) is 21.3 Å². The molecule has 0 fully saturated rings. The Morgan fingerprint density at radius 1 is 1.10 bits per heavy atom. The molecule has 0 amide bonds. The molecule has 2 rings (SSSR count). The summed E-state index contributed by atoms with van der Waals surface area (Å²) in [5.74, 6) is -0.850. The quantitative estimate of drug-likeness (QED) is 0.897. The molecule has 2 aromatic carbocycles. The molecule has 20 heavy (non-hydrogen) atoms. The molecule has 2 nitrogen and oxygen atoms in total. The highest BCUT2D eigenvalue weighted by Gasteiger charge is 2.07. The van der Waals surface area contributed by atoms with Gasteiger partial charge in [-0.3, -0.25) is 0 Å². The molecule has 1 N–H and O–H groups in total. The molecule has 0 radical (unpaired) electrons. The monoisotopic (exact) mass is 277 g/mol. The number of halogens is 2. The Morgan fingerprint density at radius 3 is 2.60 bits per heavy atom. The maximum absolute atomic E-state index is 13.1. The molecule has 0 heterocycles. The van der Waals surface area contributed by atoms with Gasteiger partial charge in [-0.25, -0.2) is 8.78 Å². The summed E-state index contributed by atoms with van der Waals surface area (Å²) in [7, 11) is 1.62. The van der Waals surface area contributed by atoms with Crippen LogP contribution in [0.15, 0.2) is 42.5 Å². The van der Waals surface area contributed by atoms with Crippen LogP contribution in [0, 0.1) is 11.6 Å². The zero-order chi connectivity index (χ0) is 14.5. The third kappa shape index (κ3) is 3.54. The van der Waals surface area contributed by atoms with Crippen LogP contribution >= 0.6 is 0 Å². The lowest BCUT2D eigenvalue weighted by atomic mass is 10.1. The molecule has 0 bridgehead atoms. The van der Waals surface area contributed by atoms with Crippen LogP contribution in [0.3, 0.4) is 0 Å². The Bertz CT molecular complexity index is 586. The second-order valence-corrected chi connectivity index (χ2v) is 4.63. The molecule has 0 saturated heterocycles. The summed E-state index contributed by atoms with van der Waals surface area (Å²) >= 11 is 0. The number of benzene rings is 2. The van der Waals surface area contributed by atoms with Gasteiger partial charge in [-0.05, 0) is 42.3 Å². The molecule has 0 unspecified atom stereocenters. The fourth-order valence-electron chi connectivity index (χ4n) is 1.95. The number of rotatable bonds is 5. The summed E-state index contributed by atoms with van der Waals surface area (Å²) in [6.45, 7) is 2.48. The van der Waals surface area contributed by atoms with E-state index in [0.29, 0.717) is 12.1 Å². The molecule has 2 aromatic rings. The van der Waals surface area contributed by atoms with Gasteiger partial charge in [-0.15, -0.1) is 0 Å². The smallest absolute Gasteiger partial charge is 0.159 e. The van der Waals surface area contributed by atoms with Gasteiger partial charge in [-0.2, -0.15) is 0 Å². The predicted molar refractivity (Wildman–Crippen MR) is 74.6 cm³/mol. The number of methoxy groups -OCH3 is 1. The largest absolute Gasteiger partial charge is 0.497 e. The second-order valence-electron chi connectivity index (χ2n) is 4.63. The molecule has 0 spiro atoms.